The van der Waals surface area contributed by atoms with Gasteiger partial charge in [0.05, 0.1) is 12.5 Å². The summed E-state index contributed by atoms with van der Waals surface area (Å²) in [6.45, 7) is 2.75. The SMILES string of the molecule is O=C(C1CCOC1)N1CCC(c2nnc3ccc(-n4cccn4)nn23)CC1. The van der Waals surface area contributed by atoms with Gasteiger partial charge < -0.3 is 9.64 Å². The third-order valence-electron chi connectivity index (χ3n) is 5.46. The first-order valence-electron chi connectivity index (χ1n) is 9.38. The van der Waals surface area contributed by atoms with Gasteiger partial charge in [0.15, 0.2) is 17.3 Å². The Kier molecular flexibility index (Phi) is 4.08. The topological polar surface area (TPSA) is 90.4 Å². The van der Waals surface area contributed by atoms with E-state index in [1.54, 1.807) is 10.9 Å². The molecule has 0 radical (unpaired) electrons. The molecule has 2 aliphatic rings. The zero-order valence-electron chi connectivity index (χ0n) is 14.9. The smallest absolute Gasteiger partial charge is 0.228 e. The molecule has 0 saturated carbocycles. The summed E-state index contributed by atoms with van der Waals surface area (Å²) in [5, 5.41) is 17.5. The van der Waals surface area contributed by atoms with Gasteiger partial charge in [-0.25, -0.2) is 4.68 Å². The first-order valence-corrected chi connectivity index (χ1v) is 9.38. The molecule has 27 heavy (non-hydrogen) atoms. The number of hydrogen-bond donors (Lipinski definition) is 0. The number of likely N-dealkylation sites (tertiary alicyclic amines) is 1. The Labute approximate surface area is 155 Å². The molecule has 5 rings (SSSR count). The highest BCUT2D eigenvalue weighted by Gasteiger charge is 2.32. The fourth-order valence-corrected chi connectivity index (χ4v) is 3.92. The molecule has 2 aliphatic heterocycles. The van der Waals surface area contributed by atoms with Crippen molar-refractivity contribution in [2.45, 2.75) is 25.2 Å². The van der Waals surface area contributed by atoms with Gasteiger partial charge in [-0.3, -0.25) is 4.79 Å². The first-order chi connectivity index (χ1) is 13.3. The fourth-order valence-electron chi connectivity index (χ4n) is 3.92. The number of nitrogens with zero attached hydrogens (tertiary/aromatic N) is 7. The van der Waals surface area contributed by atoms with E-state index >= 15 is 0 Å². The van der Waals surface area contributed by atoms with Crippen LogP contribution < -0.4 is 0 Å². The average Bonchev–Trinajstić information content (AvgIpc) is 3.48. The summed E-state index contributed by atoms with van der Waals surface area (Å²) in [4.78, 5) is 14.5. The summed E-state index contributed by atoms with van der Waals surface area (Å²) < 4.78 is 8.88. The molecule has 1 unspecified atom stereocenters. The van der Waals surface area contributed by atoms with E-state index in [1.807, 2.05) is 33.8 Å². The maximum atomic E-state index is 12.6. The van der Waals surface area contributed by atoms with Crippen LogP contribution in [0.5, 0.6) is 0 Å². The van der Waals surface area contributed by atoms with Crippen LogP contribution in [0.15, 0.2) is 30.6 Å². The number of rotatable bonds is 3. The van der Waals surface area contributed by atoms with Crippen molar-refractivity contribution < 1.29 is 9.53 Å². The summed E-state index contributed by atoms with van der Waals surface area (Å²) in [6.07, 6.45) is 6.16. The number of carbonyl (C=O) groups is 1. The van der Waals surface area contributed by atoms with Crippen LogP contribution in [-0.2, 0) is 9.53 Å². The van der Waals surface area contributed by atoms with Crippen LogP contribution in [0.1, 0.15) is 31.0 Å². The monoisotopic (exact) mass is 367 g/mol. The lowest BCUT2D eigenvalue weighted by Gasteiger charge is -2.32. The highest BCUT2D eigenvalue weighted by Crippen LogP contribution is 2.28. The molecule has 3 aromatic rings. The lowest BCUT2D eigenvalue weighted by molar-refractivity contribution is -0.136. The summed E-state index contributed by atoms with van der Waals surface area (Å²) in [5.41, 5.74) is 0.725. The van der Waals surface area contributed by atoms with Gasteiger partial charge in [-0.15, -0.1) is 15.3 Å². The predicted molar refractivity (Wildman–Crippen MR) is 95.4 cm³/mol. The number of carbonyl (C=O) groups excluding carboxylic acids is 1. The van der Waals surface area contributed by atoms with E-state index in [2.05, 4.69) is 20.4 Å². The van der Waals surface area contributed by atoms with Gasteiger partial charge in [-0.1, -0.05) is 0 Å². The van der Waals surface area contributed by atoms with Crippen molar-refractivity contribution in [3.8, 4) is 5.82 Å². The van der Waals surface area contributed by atoms with Crippen molar-refractivity contribution in [3.05, 3.63) is 36.4 Å². The van der Waals surface area contributed by atoms with Crippen LogP contribution in [0.2, 0.25) is 0 Å². The Hall–Kier alpha value is -2.81. The van der Waals surface area contributed by atoms with Crippen LogP contribution >= 0.6 is 0 Å². The quantitative estimate of drug-likeness (QED) is 0.687. The Morgan fingerprint density at radius 2 is 2.04 bits per heavy atom. The lowest BCUT2D eigenvalue weighted by Crippen LogP contribution is -2.41. The molecule has 0 bridgehead atoms. The molecule has 2 saturated heterocycles. The van der Waals surface area contributed by atoms with Gasteiger partial charge >= 0.3 is 0 Å². The number of hydrogen-bond acceptors (Lipinski definition) is 6. The molecule has 0 aliphatic carbocycles. The van der Waals surface area contributed by atoms with Crippen LogP contribution in [0.3, 0.4) is 0 Å². The standard InChI is InChI=1S/C18H21N7O2/c26-18(14-6-11-27-12-14)23-9-4-13(5-10-23)17-21-20-15-2-3-16(22-25(15)17)24-8-1-7-19-24/h1-3,7-8,13-14H,4-6,9-12H2. The van der Waals surface area contributed by atoms with Crippen molar-refractivity contribution in [1.82, 2.24) is 34.5 Å². The van der Waals surface area contributed by atoms with Crippen LogP contribution in [0.25, 0.3) is 11.5 Å². The number of piperidine rings is 1. The highest BCUT2D eigenvalue weighted by molar-refractivity contribution is 5.79. The van der Waals surface area contributed by atoms with Gasteiger partial charge in [0.25, 0.3) is 0 Å². The van der Waals surface area contributed by atoms with E-state index in [9.17, 15) is 4.79 Å². The van der Waals surface area contributed by atoms with Crippen LogP contribution in [0, 0.1) is 5.92 Å². The van der Waals surface area contributed by atoms with E-state index in [1.165, 1.54) is 0 Å². The number of fused-ring (bicyclic) bond motifs is 1. The Balaban J connectivity index is 1.34. The van der Waals surface area contributed by atoms with Gasteiger partial charge in [-0.05, 0) is 37.5 Å². The number of amides is 1. The molecule has 9 heteroatoms. The minimum atomic E-state index is 0.0359. The molecular weight excluding hydrogens is 346 g/mol. The third-order valence-corrected chi connectivity index (χ3v) is 5.46. The maximum absolute atomic E-state index is 12.6. The Morgan fingerprint density at radius 1 is 1.15 bits per heavy atom. The second-order valence-electron chi connectivity index (χ2n) is 7.13. The summed E-state index contributed by atoms with van der Waals surface area (Å²) in [7, 11) is 0. The highest BCUT2D eigenvalue weighted by atomic mass is 16.5. The molecule has 2 fully saturated rings. The average molecular weight is 367 g/mol. The summed E-state index contributed by atoms with van der Waals surface area (Å²) in [5.74, 6) is 2.09. The second kappa shape index (κ2) is 6.73. The first kappa shape index (κ1) is 16.4. The molecule has 0 N–H and O–H groups in total. The number of aromatic nitrogens is 6. The molecule has 0 spiro atoms. The zero-order chi connectivity index (χ0) is 18.2. The molecule has 0 aromatic carbocycles. The van der Waals surface area contributed by atoms with Gasteiger partial charge in [-0.2, -0.15) is 9.61 Å². The molecule has 9 nitrogen and oxygen atoms in total. The molecule has 1 atom stereocenters. The minimum absolute atomic E-state index is 0.0359. The van der Waals surface area contributed by atoms with Crippen molar-refractivity contribution in [2.75, 3.05) is 26.3 Å². The predicted octanol–water partition coefficient (Wildman–Crippen LogP) is 1.05. The summed E-state index contributed by atoms with van der Waals surface area (Å²) in [6, 6.07) is 5.64. The largest absolute Gasteiger partial charge is 0.381 e. The molecule has 140 valence electrons. The van der Waals surface area contributed by atoms with Gasteiger partial charge in [0.2, 0.25) is 5.91 Å². The minimum Gasteiger partial charge on any atom is -0.381 e. The van der Waals surface area contributed by atoms with Gasteiger partial charge in [0, 0.05) is 38.0 Å². The Morgan fingerprint density at radius 3 is 2.78 bits per heavy atom. The molecule has 5 heterocycles. The van der Waals surface area contributed by atoms with Crippen molar-refractivity contribution in [2.24, 2.45) is 5.92 Å². The van der Waals surface area contributed by atoms with Crippen molar-refractivity contribution in [3.63, 3.8) is 0 Å². The maximum Gasteiger partial charge on any atom is 0.228 e. The summed E-state index contributed by atoms with van der Waals surface area (Å²) >= 11 is 0. The third kappa shape index (κ3) is 2.97. The van der Waals surface area contributed by atoms with Crippen LogP contribution in [0.4, 0.5) is 0 Å². The Bertz CT molecular complexity index is 938. The van der Waals surface area contributed by atoms with Crippen molar-refractivity contribution >= 4 is 11.6 Å². The van der Waals surface area contributed by atoms with E-state index < -0.39 is 0 Å². The van der Waals surface area contributed by atoms with E-state index in [0.29, 0.717) is 13.2 Å². The fraction of sp³-hybridized carbons (Fsp3) is 0.500. The van der Waals surface area contributed by atoms with Crippen LogP contribution in [-0.4, -0.2) is 66.7 Å². The zero-order valence-corrected chi connectivity index (χ0v) is 14.9. The van der Waals surface area contributed by atoms with Crippen molar-refractivity contribution in [1.29, 1.82) is 0 Å². The number of ether oxygens (including phenoxy) is 1. The van der Waals surface area contributed by atoms with E-state index in [0.717, 1.165) is 49.6 Å². The second-order valence-corrected chi connectivity index (χ2v) is 7.13. The van der Waals surface area contributed by atoms with E-state index in [4.69, 9.17) is 4.74 Å². The molecular formula is C18H21N7O2. The van der Waals surface area contributed by atoms with Gasteiger partial charge in [0.1, 0.15) is 0 Å². The molecule has 3 aromatic heterocycles. The normalized spacial score (nSPS) is 21.2. The molecule has 1 amide bonds. The lowest BCUT2D eigenvalue weighted by atomic mass is 9.95. The van der Waals surface area contributed by atoms with E-state index in [-0.39, 0.29) is 17.7 Å².